The van der Waals surface area contributed by atoms with Gasteiger partial charge in [0, 0.05) is 18.3 Å². The maximum Gasteiger partial charge on any atom is 0.121 e. The Bertz CT molecular complexity index is 330. The number of benzene rings is 1. The van der Waals surface area contributed by atoms with Crippen LogP contribution in [0.3, 0.4) is 0 Å². The summed E-state index contributed by atoms with van der Waals surface area (Å²) in [6.45, 7) is 4.18. The van der Waals surface area contributed by atoms with Crippen molar-refractivity contribution in [3.05, 3.63) is 24.3 Å². The quantitative estimate of drug-likeness (QED) is 0.677. The van der Waals surface area contributed by atoms with Gasteiger partial charge in [0.25, 0.3) is 0 Å². The highest BCUT2D eigenvalue weighted by atomic mass is 16.5. The molecule has 1 unspecified atom stereocenters. The number of hydrogen-bond acceptors (Lipinski definition) is 4. The van der Waals surface area contributed by atoms with Crippen molar-refractivity contribution < 1.29 is 14.9 Å². The van der Waals surface area contributed by atoms with E-state index >= 15 is 0 Å². The molecule has 96 valence electrons. The van der Waals surface area contributed by atoms with E-state index in [0.717, 1.165) is 17.9 Å². The second-order valence-electron chi connectivity index (χ2n) is 4.08. The van der Waals surface area contributed by atoms with E-state index < -0.39 is 6.10 Å². The van der Waals surface area contributed by atoms with Gasteiger partial charge >= 0.3 is 0 Å². The normalized spacial score (nSPS) is 14.1. The molecule has 0 aliphatic carbocycles. The minimum absolute atomic E-state index is 0.188. The van der Waals surface area contributed by atoms with Crippen molar-refractivity contribution in [2.75, 3.05) is 18.5 Å². The lowest BCUT2D eigenvalue weighted by Crippen LogP contribution is -2.22. The predicted molar refractivity (Wildman–Crippen MR) is 68.4 cm³/mol. The van der Waals surface area contributed by atoms with Crippen LogP contribution in [-0.2, 0) is 0 Å². The zero-order chi connectivity index (χ0) is 12.7. The van der Waals surface area contributed by atoms with E-state index in [-0.39, 0.29) is 12.7 Å². The number of anilines is 1. The van der Waals surface area contributed by atoms with Crippen LogP contribution in [-0.4, -0.2) is 35.6 Å². The molecule has 0 radical (unpaired) electrons. The summed E-state index contributed by atoms with van der Waals surface area (Å²) >= 11 is 0. The summed E-state index contributed by atoms with van der Waals surface area (Å²) in [7, 11) is 0. The van der Waals surface area contributed by atoms with Gasteiger partial charge in [0.15, 0.2) is 0 Å². The zero-order valence-corrected chi connectivity index (χ0v) is 10.4. The Balaban J connectivity index is 2.53. The second kappa shape index (κ2) is 7.14. The number of nitrogens with one attached hydrogen (secondary N) is 1. The topological polar surface area (TPSA) is 61.7 Å². The smallest absolute Gasteiger partial charge is 0.121 e. The molecule has 4 nitrogen and oxygen atoms in total. The summed E-state index contributed by atoms with van der Waals surface area (Å²) in [5.74, 6) is 0.808. The van der Waals surface area contributed by atoms with Crippen molar-refractivity contribution in [1.82, 2.24) is 0 Å². The Morgan fingerprint density at radius 2 is 2.18 bits per heavy atom. The van der Waals surface area contributed by atoms with E-state index in [1.807, 2.05) is 31.2 Å². The van der Waals surface area contributed by atoms with Gasteiger partial charge in [-0.15, -0.1) is 0 Å². The average molecular weight is 239 g/mol. The van der Waals surface area contributed by atoms with E-state index in [2.05, 4.69) is 12.2 Å². The minimum Gasteiger partial charge on any atom is -0.491 e. The van der Waals surface area contributed by atoms with Crippen molar-refractivity contribution in [1.29, 1.82) is 0 Å². The standard InChI is InChI=1S/C13H21NO3/c1-3-10(2)17-13-6-4-5-11(7-13)14-8-12(16)9-15/h4-7,10,12,14-16H,3,8-9H2,1-2H3/t10?,12-/m0/s1. The lowest BCUT2D eigenvalue weighted by atomic mass is 10.2. The maximum atomic E-state index is 9.23. The molecule has 3 N–H and O–H groups in total. The molecule has 0 aliphatic rings. The van der Waals surface area contributed by atoms with Gasteiger partial charge in [-0.1, -0.05) is 13.0 Å². The second-order valence-corrected chi connectivity index (χ2v) is 4.08. The molecule has 2 atom stereocenters. The van der Waals surface area contributed by atoms with Crippen LogP contribution >= 0.6 is 0 Å². The van der Waals surface area contributed by atoms with Crippen LogP contribution in [0.4, 0.5) is 5.69 Å². The lowest BCUT2D eigenvalue weighted by Gasteiger charge is -2.14. The largest absolute Gasteiger partial charge is 0.491 e. The van der Waals surface area contributed by atoms with Crippen LogP contribution in [0.5, 0.6) is 5.75 Å². The Hall–Kier alpha value is -1.26. The Morgan fingerprint density at radius 1 is 1.41 bits per heavy atom. The third-order valence-electron chi connectivity index (χ3n) is 2.50. The van der Waals surface area contributed by atoms with E-state index in [4.69, 9.17) is 9.84 Å². The average Bonchev–Trinajstić information content (AvgIpc) is 2.36. The molecule has 0 amide bonds. The highest BCUT2D eigenvalue weighted by Crippen LogP contribution is 2.19. The molecular weight excluding hydrogens is 218 g/mol. The van der Waals surface area contributed by atoms with Crippen LogP contribution in [0.25, 0.3) is 0 Å². The number of aliphatic hydroxyl groups excluding tert-OH is 2. The summed E-state index contributed by atoms with van der Waals surface area (Å²) in [5.41, 5.74) is 0.873. The van der Waals surface area contributed by atoms with Crippen LogP contribution in [0.15, 0.2) is 24.3 Å². The van der Waals surface area contributed by atoms with Gasteiger partial charge in [-0.25, -0.2) is 0 Å². The van der Waals surface area contributed by atoms with Crippen molar-refractivity contribution in [2.24, 2.45) is 0 Å². The number of rotatable bonds is 7. The first-order chi connectivity index (χ1) is 8.15. The van der Waals surface area contributed by atoms with E-state index in [1.54, 1.807) is 0 Å². The molecule has 0 saturated heterocycles. The molecule has 1 rings (SSSR count). The van der Waals surface area contributed by atoms with E-state index in [0.29, 0.717) is 6.54 Å². The number of hydrogen-bond donors (Lipinski definition) is 3. The Labute approximate surface area is 102 Å². The van der Waals surface area contributed by atoms with Gasteiger partial charge < -0.3 is 20.3 Å². The van der Waals surface area contributed by atoms with Crippen molar-refractivity contribution in [3.8, 4) is 5.75 Å². The number of aliphatic hydroxyl groups is 2. The Morgan fingerprint density at radius 3 is 2.82 bits per heavy atom. The molecule has 0 aliphatic heterocycles. The van der Waals surface area contributed by atoms with Gasteiger partial charge in [-0.05, 0) is 25.5 Å². The summed E-state index contributed by atoms with van der Waals surface area (Å²) in [5, 5.41) is 21.0. The van der Waals surface area contributed by atoms with Crippen molar-refractivity contribution >= 4 is 5.69 Å². The maximum absolute atomic E-state index is 9.23. The highest BCUT2D eigenvalue weighted by Gasteiger charge is 2.04. The molecule has 17 heavy (non-hydrogen) atoms. The first-order valence-corrected chi connectivity index (χ1v) is 5.95. The van der Waals surface area contributed by atoms with Gasteiger partial charge in [0.05, 0.1) is 18.8 Å². The monoisotopic (exact) mass is 239 g/mol. The first kappa shape index (κ1) is 13.8. The zero-order valence-electron chi connectivity index (χ0n) is 10.4. The van der Waals surface area contributed by atoms with Crippen molar-refractivity contribution in [3.63, 3.8) is 0 Å². The minimum atomic E-state index is -0.742. The fourth-order valence-electron chi connectivity index (χ4n) is 1.30. The molecule has 0 heterocycles. The molecule has 0 fully saturated rings. The van der Waals surface area contributed by atoms with Crippen LogP contribution in [0.2, 0.25) is 0 Å². The molecule has 0 bridgehead atoms. The van der Waals surface area contributed by atoms with Crippen LogP contribution < -0.4 is 10.1 Å². The lowest BCUT2D eigenvalue weighted by molar-refractivity contribution is 0.105. The fourth-order valence-corrected chi connectivity index (χ4v) is 1.30. The van der Waals surface area contributed by atoms with Crippen LogP contribution in [0.1, 0.15) is 20.3 Å². The van der Waals surface area contributed by atoms with E-state index in [9.17, 15) is 5.11 Å². The van der Waals surface area contributed by atoms with Crippen molar-refractivity contribution in [2.45, 2.75) is 32.5 Å². The molecular formula is C13H21NO3. The van der Waals surface area contributed by atoms with Gasteiger partial charge in [0.2, 0.25) is 0 Å². The number of ether oxygens (including phenoxy) is 1. The summed E-state index contributed by atoms with van der Waals surface area (Å²) in [4.78, 5) is 0. The summed E-state index contributed by atoms with van der Waals surface area (Å²) in [6, 6.07) is 7.58. The van der Waals surface area contributed by atoms with E-state index in [1.165, 1.54) is 0 Å². The predicted octanol–water partition coefficient (Wildman–Crippen LogP) is 1.63. The molecule has 1 aromatic carbocycles. The van der Waals surface area contributed by atoms with Gasteiger partial charge in [-0.2, -0.15) is 0 Å². The first-order valence-electron chi connectivity index (χ1n) is 5.95. The molecule has 0 spiro atoms. The van der Waals surface area contributed by atoms with Gasteiger partial charge in [-0.3, -0.25) is 0 Å². The molecule has 1 aromatic rings. The van der Waals surface area contributed by atoms with Gasteiger partial charge in [0.1, 0.15) is 5.75 Å². The molecule has 0 saturated carbocycles. The third kappa shape index (κ3) is 5.06. The molecule has 0 aromatic heterocycles. The third-order valence-corrected chi connectivity index (χ3v) is 2.50. The van der Waals surface area contributed by atoms with Crippen LogP contribution in [0, 0.1) is 0 Å². The highest BCUT2D eigenvalue weighted by molar-refractivity contribution is 5.48. The summed E-state index contributed by atoms with van der Waals surface area (Å²) < 4.78 is 5.69. The molecule has 4 heteroatoms. The summed E-state index contributed by atoms with van der Waals surface area (Å²) in [6.07, 6.45) is 0.406. The Kier molecular flexibility index (Phi) is 5.80. The fraction of sp³-hybridized carbons (Fsp3) is 0.538. The SMILES string of the molecule is CCC(C)Oc1cccc(NC[C@H](O)CO)c1.